The normalized spacial score (nSPS) is 11.6. The number of furan rings is 2. The number of aryl methyl sites for hydroxylation is 1. The summed E-state index contributed by atoms with van der Waals surface area (Å²) in [6, 6.07) is 51.2. The summed E-state index contributed by atoms with van der Waals surface area (Å²) < 4.78 is 15.3. The molecular formula is C45H26N4O2. The van der Waals surface area contributed by atoms with E-state index < -0.39 is 0 Å². The number of hydrogen-bond donors (Lipinski definition) is 0. The van der Waals surface area contributed by atoms with Gasteiger partial charge in [-0.05, 0) is 61.0 Å². The molecule has 0 N–H and O–H groups in total. The van der Waals surface area contributed by atoms with Gasteiger partial charge in [-0.25, -0.2) is 0 Å². The zero-order valence-corrected chi connectivity index (χ0v) is 27.4. The number of anilines is 3. The Bertz CT molecular complexity index is 3150. The third-order valence-electron chi connectivity index (χ3n) is 9.98. The smallest absolute Gasteiger partial charge is 0.160 e. The molecule has 3 heterocycles. The van der Waals surface area contributed by atoms with Gasteiger partial charge in [0.1, 0.15) is 22.8 Å². The number of rotatable bonds is 4. The first-order valence-corrected chi connectivity index (χ1v) is 16.7. The maximum atomic E-state index is 11.3. The van der Waals surface area contributed by atoms with Gasteiger partial charge >= 0.3 is 0 Å². The van der Waals surface area contributed by atoms with Gasteiger partial charge in [0.15, 0.2) is 11.2 Å². The Morgan fingerprint density at radius 2 is 1.14 bits per heavy atom. The van der Waals surface area contributed by atoms with Gasteiger partial charge in [0.25, 0.3) is 0 Å². The van der Waals surface area contributed by atoms with Crippen molar-refractivity contribution in [1.29, 1.82) is 10.5 Å². The molecule has 238 valence electrons. The Kier molecular flexibility index (Phi) is 6.12. The van der Waals surface area contributed by atoms with Crippen LogP contribution in [0.3, 0.4) is 0 Å². The molecule has 0 aliphatic heterocycles. The van der Waals surface area contributed by atoms with Crippen molar-refractivity contribution in [1.82, 2.24) is 4.57 Å². The Hall–Kier alpha value is -7.28. The van der Waals surface area contributed by atoms with Gasteiger partial charge in [-0.3, -0.25) is 0 Å². The van der Waals surface area contributed by atoms with E-state index in [-0.39, 0.29) is 0 Å². The number of nitrogens with zero attached hydrogens (tertiary/aromatic N) is 4. The Labute approximate surface area is 291 Å². The van der Waals surface area contributed by atoms with E-state index in [9.17, 15) is 10.5 Å². The van der Waals surface area contributed by atoms with E-state index in [1.165, 1.54) is 0 Å². The third-order valence-corrected chi connectivity index (χ3v) is 9.98. The fraction of sp³-hybridized carbons (Fsp3) is 0.0222. The van der Waals surface area contributed by atoms with Gasteiger partial charge in [0.2, 0.25) is 0 Å². The van der Waals surface area contributed by atoms with E-state index in [0.717, 1.165) is 77.0 Å². The van der Waals surface area contributed by atoms with Gasteiger partial charge in [0.05, 0.1) is 39.7 Å². The van der Waals surface area contributed by atoms with Crippen LogP contribution in [0.15, 0.2) is 148 Å². The number of fused-ring (bicyclic) bond motifs is 10. The van der Waals surface area contributed by atoms with Gasteiger partial charge < -0.3 is 18.3 Å². The first-order valence-electron chi connectivity index (χ1n) is 16.7. The van der Waals surface area contributed by atoms with Crippen LogP contribution in [0, 0.1) is 29.6 Å². The molecule has 0 unspecified atom stereocenters. The van der Waals surface area contributed by atoms with Crippen molar-refractivity contribution in [2.45, 2.75) is 6.92 Å². The van der Waals surface area contributed by atoms with Crippen molar-refractivity contribution < 1.29 is 8.83 Å². The predicted octanol–water partition coefficient (Wildman–Crippen LogP) is 12.1. The fourth-order valence-corrected chi connectivity index (χ4v) is 7.74. The van der Waals surface area contributed by atoms with Crippen LogP contribution in [0.4, 0.5) is 17.1 Å². The summed E-state index contributed by atoms with van der Waals surface area (Å²) in [7, 11) is 0. The average molecular weight is 655 g/mol. The summed E-state index contributed by atoms with van der Waals surface area (Å²) >= 11 is 0. The van der Waals surface area contributed by atoms with Gasteiger partial charge in [-0.2, -0.15) is 10.5 Å². The molecule has 0 radical (unpaired) electrons. The molecule has 0 bridgehead atoms. The molecule has 6 heteroatoms. The molecule has 0 saturated heterocycles. The SMILES string of the molecule is Cc1ccccc1N(c1cc(C#N)cc(-n2c3ccccc3c3ccc4c5ccccc5oc4c32)c1C#N)c1cccc2c1oc1ccccc12. The number of para-hydroxylation sites is 5. The third kappa shape index (κ3) is 4.08. The molecule has 0 atom stereocenters. The quantitative estimate of drug-likeness (QED) is 0.189. The number of benzene rings is 7. The summed E-state index contributed by atoms with van der Waals surface area (Å²) in [5.74, 6) is 0. The number of hydrogen-bond acceptors (Lipinski definition) is 5. The summed E-state index contributed by atoms with van der Waals surface area (Å²) in [5, 5.41) is 27.8. The lowest BCUT2D eigenvalue weighted by molar-refractivity contribution is 0.669. The van der Waals surface area contributed by atoms with Gasteiger partial charge in [-0.1, -0.05) is 91.0 Å². The van der Waals surface area contributed by atoms with Gasteiger partial charge in [-0.15, -0.1) is 0 Å². The van der Waals surface area contributed by atoms with Crippen LogP contribution in [-0.2, 0) is 0 Å². The van der Waals surface area contributed by atoms with Crippen LogP contribution in [0.5, 0.6) is 0 Å². The van der Waals surface area contributed by atoms with E-state index in [1.54, 1.807) is 6.07 Å². The fourth-order valence-electron chi connectivity index (χ4n) is 7.74. The standard InChI is InChI=1S/C45H26N4O2/c1-27-11-2-6-16-36(27)48(38-18-10-15-33-30-13-4-8-19-41(30)50-44(33)38)39-23-28(25-46)24-40(35(39)26-47)49-37-17-7-3-12-29(37)32-21-22-34-31-14-5-9-20-42(31)51-45(34)43(32)49/h2-24H,1H3. The number of nitriles is 2. The Morgan fingerprint density at radius 3 is 1.88 bits per heavy atom. The molecule has 0 spiro atoms. The van der Waals surface area contributed by atoms with E-state index in [4.69, 9.17) is 8.83 Å². The molecule has 10 aromatic rings. The molecule has 0 aliphatic carbocycles. The molecule has 0 aliphatic rings. The highest BCUT2D eigenvalue weighted by atomic mass is 16.3. The highest BCUT2D eigenvalue weighted by molar-refractivity contribution is 6.21. The van der Waals surface area contributed by atoms with Gasteiger partial charge in [0, 0.05) is 38.0 Å². The lowest BCUT2D eigenvalue weighted by Gasteiger charge is -2.29. The Balaban J connectivity index is 1.36. The molecular weight excluding hydrogens is 629 g/mol. The van der Waals surface area contributed by atoms with Crippen molar-refractivity contribution in [3.8, 4) is 17.8 Å². The van der Waals surface area contributed by atoms with Crippen LogP contribution < -0.4 is 4.90 Å². The highest BCUT2D eigenvalue weighted by Gasteiger charge is 2.27. The Morgan fingerprint density at radius 1 is 0.529 bits per heavy atom. The summed E-state index contributed by atoms with van der Waals surface area (Å²) in [6.07, 6.45) is 0. The van der Waals surface area contributed by atoms with E-state index in [1.807, 2.05) is 97.9 Å². The molecule has 0 saturated carbocycles. The molecule has 0 fully saturated rings. The van der Waals surface area contributed by atoms with Crippen LogP contribution in [0.1, 0.15) is 16.7 Å². The minimum atomic E-state index is 0.404. The topological polar surface area (TPSA) is 82.0 Å². The van der Waals surface area contributed by atoms with Crippen molar-refractivity contribution in [3.05, 3.63) is 156 Å². The van der Waals surface area contributed by atoms with Crippen LogP contribution in [-0.4, -0.2) is 4.57 Å². The monoisotopic (exact) mass is 654 g/mol. The molecule has 10 rings (SSSR count). The zero-order valence-electron chi connectivity index (χ0n) is 27.4. The average Bonchev–Trinajstić information content (AvgIpc) is 3.85. The molecule has 7 aromatic carbocycles. The lowest BCUT2D eigenvalue weighted by Crippen LogP contribution is -2.15. The minimum absolute atomic E-state index is 0.404. The van der Waals surface area contributed by atoms with E-state index in [0.29, 0.717) is 28.1 Å². The van der Waals surface area contributed by atoms with E-state index in [2.05, 4.69) is 64.1 Å². The summed E-state index contributed by atoms with van der Waals surface area (Å²) in [5.41, 5.74) is 9.31. The molecule has 0 amide bonds. The van der Waals surface area contributed by atoms with Crippen molar-refractivity contribution >= 4 is 82.7 Å². The predicted molar refractivity (Wildman–Crippen MR) is 204 cm³/mol. The largest absolute Gasteiger partial charge is 0.454 e. The second kappa shape index (κ2) is 10.9. The summed E-state index contributed by atoms with van der Waals surface area (Å²) in [6.45, 7) is 2.05. The van der Waals surface area contributed by atoms with Crippen LogP contribution in [0.2, 0.25) is 0 Å². The van der Waals surface area contributed by atoms with Crippen LogP contribution in [0.25, 0.3) is 71.4 Å². The van der Waals surface area contributed by atoms with E-state index >= 15 is 0 Å². The lowest BCUT2D eigenvalue weighted by atomic mass is 10.0. The maximum Gasteiger partial charge on any atom is 0.160 e. The second-order valence-corrected chi connectivity index (χ2v) is 12.8. The second-order valence-electron chi connectivity index (χ2n) is 12.8. The molecule has 6 nitrogen and oxygen atoms in total. The molecule has 3 aromatic heterocycles. The van der Waals surface area contributed by atoms with Crippen molar-refractivity contribution in [2.75, 3.05) is 4.90 Å². The first kappa shape index (κ1) is 28.7. The minimum Gasteiger partial charge on any atom is -0.454 e. The van der Waals surface area contributed by atoms with Crippen LogP contribution >= 0.6 is 0 Å². The van der Waals surface area contributed by atoms with Crippen molar-refractivity contribution in [2.24, 2.45) is 0 Å². The number of aromatic nitrogens is 1. The summed E-state index contributed by atoms with van der Waals surface area (Å²) in [4.78, 5) is 2.06. The maximum absolute atomic E-state index is 11.3. The zero-order chi connectivity index (χ0) is 34.2. The first-order chi connectivity index (χ1) is 25.1. The molecule has 51 heavy (non-hydrogen) atoms. The van der Waals surface area contributed by atoms with Crippen molar-refractivity contribution in [3.63, 3.8) is 0 Å². The highest BCUT2D eigenvalue weighted by Crippen LogP contribution is 2.47.